The molecule has 0 heterocycles. The molecule has 3 aromatic rings. The molecule has 0 bridgehead atoms. The molecule has 0 aromatic heterocycles. The zero-order chi connectivity index (χ0) is 19.2. The van der Waals surface area contributed by atoms with Gasteiger partial charge in [-0.15, -0.1) is 0 Å². The summed E-state index contributed by atoms with van der Waals surface area (Å²) in [7, 11) is 0. The van der Waals surface area contributed by atoms with E-state index in [2.05, 4.69) is 6.07 Å². The number of rotatable bonds is 5. The standard InChI is InChI=1S/C21H13ClN2O2S/c22-18-5-11-21(12-6-18)27-20-9-1-15(2-10-20)13-17(14-23)16-3-7-19(8-4-16)24(25)26/h1-13H/b17-13-. The minimum absolute atomic E-state index is 0.000355. The number of nitrogens with zero attached hydrogens (tertiary/aromatic N) is 2. The van der Waals surface area contributed by atoms with E-state index < -0.39 is 4.92 Å². The Morgan fingerprint density at radius 3 is 2.04 bits per heavy atom. The summed E-state index contributed by atoms with van der Waals surface area (Å²) in [4.78, 5) is 12.4. The lowest BCUT2D eigenvalue weighted by Gasteiger charge is -2.03. The summed E-state index contributed by atoms with van der Waals surface area (Å²) in [5.41, 5.74) is 1.97. The van der Waals surface area contributed by atoms with Crippen LogP contribution in [0.3, 0.4) is 0 Å². The summed E-state index contributed by atoms with van der Waals surface area (Å²) in [5.74, 6) is 0. The van der Waals surface area contributed by atoms with Gasteiger partial charge in [0.2, 0.25) is 0 Å². The lowest BCUT2D eigenvalue weighted by Crippen LogP contribution is -1.88. The van der Waals surface area contributed by atoms with Gasteiger partial charge in [-0.3, -0.25) is 10.1 Å². The highest BCUT2D eigenvalue weighted by molar-refractivity contribution is 7.99. The predicted octanol–water partition coefficient (Wildman–Crippen LogP) is 6.46. The van der Waals surface area contributed by atoms with Crippen molar-refractivity contribution >= 4 is 40.7 Å². The molecule has 0 saturated carbocycles. The molecule has 0 aliphatic carbocycles. The second-order valence-corrected chi connectivity index (χ2v) is 7.18. The van der Waals surface area contributed by atoms with E-state index in [4.69, 9.17) is 11.6 Å². The van der Waals surface area contributed by atoms with Crippen molar-refractivity contribution in [1.29, 1.82) is 5.26 Å². The molecule has 0 N–H and O–H groups in total. The van der Waals surface area contributed by atoms with Gasteiger partial charge in [-0.25, -0.2) is 0 Å². The maximum Gasteiger partial charge on any atom is 0.269 e. The second-order valence-electron chi connectivity index (χ2n) is 5.60. The van der Waals surface area contributed by atoms with Crippen LogP contribution in [0.1, 0.15) is 11.1 Å². The normalized spacial score (nSPS) is 11.0. The van der Waals surface area contributed by atoms with Crippen LogP contribution in [0.25, 0.3) is 11.6 Å². The summed E-state index contributed by atoms with van der Waals surface area (Å²) in [6.07, 6.45) is 1.76. The summed E-state index contributed by atoms with van der Waals surface area (Å²) in [5, 5.41) is 20.9. The Balaban J connectivity index is 1.77. The van der Waals surface area contributed by atoms with Crippen LogP contribution < -0.4 is 0 Å². The fraction of sp³-hybridized carbons (Fsp3) is 0. The first-order valence-corrected chi connectivity index (χ1v) is 9.15. The molecule has 3 aromatic carbocycles. The van der Waals surface area contributed by atoms with Gasteiger partial charge < -0.3 is 0 Å². The van der Waals surface area contributed by atoms with E-state index in [0.717, 1.165) is 15.4 Å². The first-order chi connectivity index (χ1) is 13.0. The predicted molar refractivity (Wildman–Crippen MR) is 109 cm³/mol. The number of nitro groups is 1. The molecular formula is C21H13ClN2O2S. The van der Waals surface area contributed by atoms with E-state index in [1.165, 1.54) is 12.1 Å². The largest absolute Gasteiger partial charge is 0.269 e. The minimum Gasteiger partial charge on any atom is -0.258 e. The van der Waals surface area contributed by atoms with Crippen molar-refractivity contribution in [2.24, 2.45) is 0 Å². The Morgan fingerprint density at radius 1 is 0.963 bits per heavy atom. The van der Waals surface area contributed by atoms with Crippen LogP contribution in [-0.4, -0.2) is 4.92 Å². The molecule has 0 fully saturated rings. The average molecular weight is 393 g/mol. The molecule has 0 saturated heterocycles. The molecule has 0 spiro atoms. The van der Waals surface area contributed by atoms with Gasteiger partial charge in [0.25, 0.3) is 5.69 Å². The van der Waals surface area contributed by atoms with Crippen molar-refractivity contribution < 1.29 is 4.92 Å². The molecule has 3 rings (SSSR count). The van der Waals surface area contributed by atoms with Gasteiger partial charge in [0.05, 0.1) is 16.6 Å². The Morgan fingerprint density at radius 2 is 1.52 bits per heavy atom. The molecule has 0 radical (unpaired) electrons. The molecule has 0 unspecified atom stereocenters. The van der Waals surface area contributed by atoms with Crippen molar-refractivity contribution in [3.8, 4) is 6.07 Å². The second kappa shape index (κ2) is 8.54. The number of nitro benzene ring substituents is 1. The average Bonchev–Trinajstić information content (AvgIpc) is 2.69. The highest BCUT2D eigenvalue weighted by atomic mass is 35.5. The van der Waals surface area contributed by atoms with E-state index in [1.54, 1.807) is 30.0 Å². The van der Waals surface area contributed by atoms with Crippen LogP contribution in [0.15, 0.2) is 82.6 Å². The number of halogens is 1. The molecule has 0 atom stereocenters. The van der Waals surface area contributed by atoms with E-state index in [-0.39, 0.29) is 5.69 Å². The SMILES string of the molecule is N#C/C(=C/c1ccc(Sc2ccc(Cl)cc2)cc1)c1ccc([N+](=O)[O-])cc1. The van der Waals surface area contributed by atoms with Crippen molar-refractivity contribution in [3.63, 3.8) is 0 Å². The Labute approximate surface area is 165 Å². The number of nitriles is 1. The molecule has 132 valence electrons. The first kappa shape index (κ1) is 18.7. The monoisotopic (exact) mass is 392 g/mol. The van der Waals surface area contributed by atoms with E-state index in [1.807, 2.05) is 48.5 Å². The Kier molecular flexibility index (Phi) is 5.92. The zero-order valence-corrected chi connectivity index (χ0v) is 15.6. The van der Waals surface area contributed by atoms with Crippen molar-refractivity contribution in [1.82, 2.24) is 0 Å². The van der Waals surface area contributed by atoms with Gasteiger partial charge in [-0.1, -0.05) is 35.5 Å². The smallest absolute Gasteiger partial charge is 0.258 e. The number of hydrogen-bond donors (Lipinski definition) is 0. The fourth-order valence-electron chi connectivity index (χ4n) is 2.38. The topological polar surface area (TPSA) is 66.9 Å². The van der Waals surface area contributed by atoms with Gasteiger partial charge in [0.1, 0.15) is 0 Å². The van der Waals surface area contributed by atoms with E-state index in [9.17, 15) is 15.4 Å². The van der Waals surface area contributed by atoms with Crippen molar-refractivity contribution in [2.75, 3.05) is 0 Å². The van der Waals surface area contributed by atoms with E-state index in [0.29, 0.717) is 16.2 Å². The van der Waals surface area contributed by atoms with Crippen LogP contribution in [0.5, 0.6) is 0 Å². The minimum atomic E-state index is -0.462. The highest BCUT2D eigenvalue weighted by Crippen LogP contribution is 2.29. The third-order valence-electron chi connectivity index (χ3n) is 3.75. The number of non-ortho nitro benzene ring substituents is 1. The summed E-state index contributed by atoms with van der Waals surface area (Å²) < 4.78 is 0. The number of benzene rings is 3. The first-order valence-electron chi connectivity index (χ1n) is 7.95. The molecule has 0 aliphatic heterocycles. The van der Waals surface area contributed by atoms with Gasteiger partial charge in [-0.05, 0) is 65.7 Å². The third kappa shape index (κ3) is 4.98. The number of hydrogen-bond acceptors (Lipinski definition) is 4. The lowest BCUT2D eigenvalue weighted by molar-refractivity contribution is -0.384. The summed E-state index contributed by atoms with van der Waals surface area (Å²) >= 11 is 7.52. The maximum absolute atomic E-state index is 10.7. The Bertz CT molecular complexity index is 1020. The quantitative estimate of drug-likeness (QED) is 0.216. The molecule has 27 heavy (non-hydrogen) atoms. The van der Waals surface area contributed by atoms with Crippen LogP contribution in [0.2, 0.25) is 5.02 Å². The summed E-state index contributed by atoms with van der Waals surface area (Å²) in [6, 6.07) is 23.6. The van der Waals surface area contributed by atoms with Gasteiger partial charge in [0.15, 0.2) is 0 Å². The van der Waals surface area contributed by atoms with Crippen LogP contribution in [-0.2, 0) is 0 Å². The fourth-order valence-corrected chi connectivity index (χ4v) is 3.32. The number of allylic oxidation sites excluding steroid dienone is 1. The molecule has 4 nitrogen and oxygen atoms in total. The van der Waals surface area contributed by atoms with Crippen LogP contribution in [0, 0.1) is 21.4 Å². The third-order valence-corrected chi connectivity index (χ3v) is 5.02. The van der Waals surface area contributed by atoms with Crippen LogP contribution >= 0.6 is 23.4 Å². The van der Waals surface area contributed by atoms with Gasteiger partial charge in [-0.2, -0.15) is 5.26 Å². The van der Waals surface area contributed by atoms with Gasteiger partial charge >= 0.3 is 0 Å². The van der Waals surface area contributed by atoms with Crippen molar-refractivity contribution in [2.45, 2.75) is 9.79 Å². The maximum atomic E-state index is 10.7. The zero-order valence-electron chi connectivity index (χ0n) is 14.0. The van der Waals surface area contributed by atoms with E-state index >= 15 is 0 Å². The van der Waals surface area contributed by atoms with Crippen molar-refractivity contribution in [3.05, 3.63) is 99.1 Å². The van der Waals surface area contributed by atoms with Gasteiger partial charge in [0, 0.05) is 26.9 Å². The molecular weight excluding hydrogens is 380 g/mol. The molecule has 0 aliphatic rings. The molecule has 6 heteroatoms. The highest BCUT2D eigenvalue weighted by Gasteiger charge is 2.07. The Hall–Kier alpha value is -3.07. The van der Waals surface area contributed by atoms with Crippen LogP contribution in [0.4, 0.5) is 5.69 Å². The summed E-state index contributed by atoms with van der Waals surface area (Å²) in [6.45, 7) is 0. The lowest BCUT2D eigenvalue weighted by atomic mass is 10.0. The molecule has 0 amide bonds.